The van der Waals surface area contributed by atoms with E-state index in [-0.39, 0.29) is 5.92 Å². The minimum atomic E-state index is -2.33. The van der Waals surface area contributed by atoms with Crippen molar-refractivity contribution in [2.24, 2.45) is 11.8 Å². The molecule has 12 heavy (non-hydrogen) atoms. The zero-order chi connectivity index (χ0) is 9.30. The van der Waals surface area contributed by atoms with Gasteiger partial charge in [0.1, 0.15) is 0 Å². The Labute approximate surface area is 88.8 Å². The van der Waals surface area contributed by atoms with Gasteiger partial charge in [0.15, 0.2) is 0 Å². The molecule has 0 nitrogen and oxygen atoms in total. The highest BCUT2D eigenvalue weighted by molar-refractivity contribution is 14.1. The summed E-state index contributed by atoms with van der Waals surface area (Å²) in [6, 6.07) is 0. The van der Waals surface area contributed by atoms with E-state index in [2.05, 4.69) is 0 Å². The maximum absolute atomic E-state index is 12.5. The summed E-state index contributed by atoms with van der Waals surface area (Å²) >= 11 is 7.61. The van der Waals surface area contributed by atoms with Gasteiger partial charge in [-0.1, -0.05) is 24.6 Å². The first kappa shape index (κ1) is 10.4. The number of alkyl halides is 2. The van der Waals surface area contributed by atoms with E-state index in [1.807, 2.05) is 22.6 Å². The molecule has 0 bridgehead atoms. The van der Waals surface area contributed by atoms with E-state index in [1.165, 1.54) is 0 Å². The SMILES string of the molecule is CC1C=CC(Cl)=C(I)C1C(F)F. The molecule has 0 saturated heterocycles. The van der Waals surface area contributed by atoms with Gasteiger partial charge in [0.05, 0.1) is 11.0 Å². The minimum absolute atomic E-state index is 0.126. The first-order chi connectivity index (χ1) is 5.54. The second-order valence-electron chi connectivity index (χ2n) is 2.77. The van der Waals surface area contributed by atoms with Gasteiger partial charge in [-0.3, -0.25) is 0 Å². The molecule has 1 aliphatic rings. The molecule has 4 heteroatoms. The van der Waals surface area contributed by atoms with Gasteiger partial charge in [-0.25, -0.2) is 8.78 Å². The molecule has 0 spiro atoms. The van der Waals surface area contributed by atoms with E-state index in [0.717, 1.165) is 0 Å². The van der Waals surface area contributed by atoms with E-state index in [0.29, 0.717) is 8.61 Å². The Kier molecular flexibility index (Phi) is 3.52. The van der Waals surface area contributed by atoms with Crippen LogP contribution in [0.25, 0.3) is 0 Å². The minimum Gasteiger partial charge on any atom is -0.210 e. The largest absolute Gasteiger partial charge is 0.246 e. The van der Waals surface area contributed by atoms with E-state index in [4.69, 9.17) is 11.6 Å². The Morgan fingerprint density at radius 2 is 2.17 bits per heavy atom. The lowest BCUT2D eigenvalue weighted by Crippen LogP contribution is -2.21. The van der Waals surface area contributed by atoms with Crippen LogP contribution in [-0.2, 0) is 0 Å². The van der Waals surface area contributed by atoms with Crippen LogP contribution < -0.4 is 0 Å². The Morgan fingerprint density at radius 3 is 2.58 bits per heavy atom. The molecule has 0 aromatic carbocycles. The maximum atomic E-state index is 12.5. The van der Waals surface area contributed by atoms with E-state index >= 15 is 0 Å². The Bertz CT molecular complexity index is 235. The van der Waals surface area contributed by atoms with Crippen LogP contribution in [0.15, 0.2) is 20.8 Å². The highest BCUT2D eigenvalue weighted by Gasteiger charge is 2.31. The molecule has 68 valence electrons. The molecule has 0 saturated carbocycles. The second-order valence-corrected chi connectivity index (χ2v) is 4.34. The predicted molar refractivity (Wildman–Crippen MR) is 54.7 cm³/mol. The molecule has 0 radical (unpaired) electrons. The summed E-state index contributed by atoms with van der Waals surface area (Å²) in [5, 5.41) is 0.444. The third kappa shape index (κ3) is 1.99. The van der Waals surface area contributed by atoms with Crippen LogP contribution in [0.5, 0.6) is 0 Å². The van der Waals surface area contributed by atoms with Crippen molar-refractivity contribution in [3.05, 3.63) is 20.8 Å². The Morgan fingerprint density at radius 1 is 1.58 bits per heavy atom. The number of hydrogen-bond donors (Lipinski definition) is 0. The first-order valence-corrected chi connectivity index (χ1v) is 5.01. The van der Waals surface area contributed by atoms with Crippen LogP contribution in [0.4, 0.5) is 8.78 Å². The van der Waals surface area contributed by atoms with Gasteiger partial charge in [-0.05, 0) is 34.6 Å². The van der Waals surface area contributed by atoms with Crippen molar-refractivity contribution in [2.45, 2.75) is 13.3 Å². The Hall–Kier alpha value is 0.360. The molecule has 0 aromatic rings. The molecule has 2 unspecified atom stereocenters. The van der Waals surface area contributed by atoms with Gasteiger partial charge in [-0.15, -0.1) is 0 Å². The fourth-order valence-electron chi connectivity index (χ4n) is 1.17. The normalized spacial score (nSPS) is 30.2. The van der Waals surface area contributed by atoms with Crippen molar-refractivity contribution in [3.63, 3.8) is 0 Å². The third-order valence-electron chi connectivity index (χ3n) is 1.90. The summed E-state index contributed by atoms with van der Waals surface area (Å²) in [6.45, 7) is 1.77. The molecule has 0 amide bonds. The van der Waals surface area contributed by atoms with E-state index in [9.17, 15) is 8.78 Å². The summed E-state index contributed by atoms with van der Waals surface area (Å²) in [5.41, 5.74) is 0. The van der Waals surface area contributed by atoms with Gasteiger partial charge in [-0.2, -0.15) is 0 Å². The van der Waals surface area contributed by atoms with E-state index in [1.54, 1.807) is 19.1 Å². The molecule has 0 fully saturated rings. The lowest BCUT2D eigenvalue weighted by molar-refractivity contribution is 0.0819. The highest BCUT2D eigenvalue weighted by Crippen LogP contribution is 2.39. The van der Waals surface area contributed by atoms with Crippen LogP contribution in [0, 0.1) is 11.8 Å². The smallest absolute Gasteiger partial charge is 0.210 e. The lowest BCUT2D eigenvalue weighted by Gasteiger charge is -2.24. The number of hydrogen-bond acceptors (Lipinski definition) is 0. The summed E-state index contributed by atoms with van der Waals surface area (Å²) in [6.07, 6.45) is 1.08. The average Bonchev–Trinajstić information content (AvgIpc) is 1.97. The quantitative estimate of drug-likeness (QED) is 0.643. The maximum Gasteiger partial charge on any atom is 0.246 e. The highest BCUT2D eigenvalue weighted by atomic mass is 127. The molecule has 2 atom stereocenters. The van der Waals surface area contributed by atoms with Crippen molar-refractivity contribution in [1.82, 2.24) is 0 Å². The number of halogens is 4. The van der Waals surface area contributed by atoms with Crippen molar-refractivity contribution >= 4 is 34.2 Å². The topological polar surface area (TPSA) is 0 Å². The van der Waals surface area contributed by atoms with Crippen LogP contribution in [-0.4, -0.2) is 6.43 Å². The number of allylic oxidation sites excluding steroid dienone is 4. The van der Waals surface area contributed by atoms with Crippen LogP contribution in [0.2, 0.25) is 0 Å². The summed E-state index contributed by atoms with van der Waals surface area (Å²) in [7, 11) is 0. The van der Waals surface area contributed by atoms with Crippen LogP contribution in [0.1, 0.15) is 6.92 Å². The second kappa shape index (κ2) is 4.05. The molecule has 1 aliphatic carbocycles. The molecule has 0 aliphatic heterocycles. The molecule has 0 heterocycles. The van der Waals surface area contributed by atoms with Crippen LogP contribution in [0.3, 0.4) is 0 Å². The third-order valence-corrected chi connectivity index (χ3v) is 3.85. The van der Waals surface area contributed by atoms with Crippen molar-refractivity contribution in [2.75, 3.05) is 0 Å². The predicted octanol–water partition coefficient (Wildman–Crippen LogP) is 3.96. The molecular formula is C8H8ClF2I. The summed E-state index contributed by atoms with van der Waals surface area (Å²) < 4.78 is 25.5. The average molecular weight is 305 g/mol. The lowest BCUT2D eigenvalue weighted by atomic mass is 9.90. The van der Waals surface area contributed by atoms with Gasteiger partial charge in [0.2, 0.25) is 6.43 Å². The molecule has 0 aromatic heterocycles. The van der Waals surface area contributed by atoms with Gasteiger partial charge < -0.3 is 0 Å². The fraction of sp³-hybridized carbons (Fsp3) is 0.500. The fourth-order valence-corrected chi connectivity index (χ4v) is 2.38. The number of rotatable bonds is 1. The standard InChI is InChI=1S/C8H8ClF2I/c1-4-2-3-5(9)7(12)6(4)8(10)11/h2-4,6,8H,1H3. The summed E-state index contributed by atoms with van der Waals surface area (Å²) in [5.74, 6) is -0.845. The molecule has 0 N–H and O–H groups in total. The zero-order valence-electron chi connectivity index (χ0n) is 6.40. The first-order valence-electron chi connectivity index (χ1n) is 3.55. The molecular weight excluding hydrogens is 296 g/mol. The van der Waals surface area contributed by atoms with Crippen LogP contribution >= 0.6 is 34.2 Å². The summed E-state index contributed by atoms with van der Waals surface area (Å²) in [4.78, 5) is 0. The monoisotopic (exact) mass is 304 g/mol. The van der Waals surface area contributed by atoms with E-state index < -0.39 is 12.3 Å². The van der Waals surface area contributed by atoms with Crippen molar-refractivity contribution in [3.8, 4) is 0 Å². The van der Waals surface area contributed by atoms with Crippen molar-refractivity contribution < 1.29 is 8.78 Å². The van der Waals surface area contributed by atoms with Gasteiger partial charge in [0, 0.05) is 3.58 Å². The Balaban J connectivity index is 2.92. The zero-order valence-corrected chi connectivity index (χ0v) is 9.31. The molecule has 1 rings (SSSR count). The van der Waals surface area contributed by atoms with Gasteiger partial charge in [0.25, 0.3) is 0 Å². The van der Waals surface area contributed by atoms with Gasteiger partial charge >= 0.3 is 0 Å². The van der Waals surface area contributed by atoms with Crippen molar-refractivity contribution in [1.29, 1.82) is 0 Å².